The molecule has 1 aliphatic rings. The molecule has 0 aliphatic heterocycles. The Morgan fingerprint density at radius 3 is 1.05 bits per heavy atom. The molecule has 0 saturated heterocycles. The van der Waals surface area contributed by atoms with Crippen molar-refractivity contribution >= 4 is 24.8 Å². The minimum atomic E-state index is -5.22. The molecule has 0 unspecified atom stereocenters. The third kappa shape index (κ3) is 13.1. The van der Waals surface area contributed by atoms with Gasteiger partial charge in [-0.05, 0) is 10.8 Å². The van der Waals surface area contributed by atoms with Gasteiger partial charge in [0.1, 0.15) is 0 Å². The average Bonchev–Trinajstić information content (AvgIpc) is 3.77. The van der Waals surface area contributed by atoms with E-state index in [4.69, 9.17) is 0 Å². The van der Waals surface area contributed by atoms with E-state index in [1.165, 1.54) is 32.7 Å². The second kappa shape index (κ2) is 18.6. The molecule has 0 heterocycles. The Labute approximate surface area is 355 Å². The molecule has 15 heteroatoms. The van der Waals surface area contributed by atoms with Crippen molar-refractivity contribution in [3.8, 4) is 0 Å². The maximum absolute atomic E-state index is 13.0. The number of rotatable bonds is 2. The number of allylic oxidation sites excluding steroid dienone is 4. The van der Waals surface area contributed by atoms with Crippen molar-refractivity contribution < 1.29 is 102 Å². The van der Waals surface area contributed by atoms with Gasteiger partial charge in [-0.3, -0.25) is 6.08 Å². The zero-order chi connectivity index (χ0) is 42.2. The first-order valence-corrected chi connectivity index (χ1v) is 18.2. The van der Waals surface area contributed by atoms with E-state index in [0.717, 1.165) is 6.42 Å². The van der Waals surface area contributed by atoms with E-state index in [9.17, 15) is 52.7 Å². The summed E-state index contributed by atoms with van der Waals surface area (Å²) in [5.74, 6) is 0. The second-order valence-corrected chi connectivity index (χ2v) is 16.4. The van der Waals surface area contributed by atoms with Crippen molar-refractivity contribution in [3.05, 3.63) is 148 Å². The SMILES string of the molecule is CC(C)(C)c1ccc2c(c1)[cH-]c1cc(C(C)(C)C)ccc12.FC(F)(F)c1cc([C](=[Zr+2])c2cc(C(F)(F)F)cc(C(F)(F)F)c2)cc(C(F)(F)F)c1.[C-]1=CC=CC1.[Cl-].[Cl-]. The summed E-state index contributed by atoms with van der Waals surface area (Å²) in [6.07, 6.45) is -10.9. The third-order valence-corrected chi connectivity index (χ3v) is 10.2. The van der Waals surface area contributed by atoms with Crippen LogP contribution >= 0.6 is 0 Å². The molecule has 0 atom stereocenters. The smallest absolute Gasteiger partial charge is 0.109 e. The standard InChI is InChI=1S/C21H25.C17H6F12.C5H5.2ClH.Zr/c1-20(2,3)16-7-9-18-14(12-16)11-15-13-17(21(4,5)6)8-10-19(15)18;18-14(19,20)10-2-8(3-11(6-10)15(21,22)23)1-9-4-12(16(24,25)26)7-13(5-9)17(27,28)29;1-2-4-5-3-1;;;/h7-13H,1-6H3;2-7H;1-3H,4H2;2*1H;/q-1;;-1;;;+2/p-2. The Morgan fingerprint density at radius 1 is 0.500 bits per heavy atom. The van der Waals surface area contributed by atoms with Crippen molar-refractivity contribution in [2.24, 2.45) is 0 Å². The van der Waals surface area contributed by atoms with Gasteiger partial charge in [-0.2, -0.15) is 6.08 Å². The maximum atomic E-state index is 13.0. The molecule has 0 radical (unpaired) electrons. The Kier molecular flexibility index (Phi) is 16.3. The predicted molar refractivity (Wildman–Crippen MR) is 192 cm³/mol. The molecule has 0 nitrogen and oxygen atoms in total. The van der Waals surface area contributed by atoms with Crippen LogP contribution in [0.1, 0.15) is 92.5 Å². The van der Waals surface area contributed by atoms with Crippen LogP contribution in [-0.4, -0.2) is 3.21 Å². The second-order valence-electron chi connectivity index (χ2n) is 15.2. The van der Waals surface area contributed by atoms with Gasteiger partial charge >= 0.3 is 175 Å². The summed E-state index contributed by atoms with van der Waals surface area (Å²) >= 11 is -0.00108. The molecular formula is C43H36Cl2F12Zr-2. The molecule has 0 saturated carbocycles. The van der Waals surface area contributed by atoms with Crippen molar-refractivity contribution in [2.75, 3.05) is 0 Å². The molecular weight excluding hydrogens is 907 g/mol. The van der Waals surface area contributed by atoms with Crippen LogP contribution in [0.2, 0.25) is 0 Å². The van der Waals surface area contributed by atoms with E-state index >= 15 is 0 Å². The normalized spacial score (nSPS) is 13.3. The number of hydrogen-bond donors (Lipinski definition) is 0. The molecule has 58 heavy (non-hydrogen) atoms. The van der Waals surface area contributed by atoms with Crippen molar-refractivity contribution in [2.45, 2.75) is 83.5 Å². The summed E-state index contributed by atoms with van der Waals surface area (Å²) in [6, 6.07) is 16.8. The molecule has 0 amide bonds. The molecule has 0 N–H and O–H groups in total. The van der Waals surface area contributed by atoms with Gasteiger partial charge in [0.2, 0.25) is 0 Å². The summed E-state index contributed by atoms with van der Waals surface area (Å²) in [4.78, 5) is 0. The number of hydrogen-bond acceptors (Lipinski definition) is 0. The van der Waals surface area contributed by atoms with Gasteiger partial charge in [-0.15, -0.1) is 46.2 Å². The van der Waals surface area contributed by atoms with Gasteiger partial charge < -0.3 is 24.8 Å². The van der Waals surface area contributed by atoms with Gasteiger partial charge in [0.05, 0.1) is 0 Å². The average molecular weight is 943 g/mol. The minimum absolute atomic E-state index is 0. The summed E-state index contributed by atoms with van der Waals surface area (Å²) in [5.41, 5.74) is -5.33. The molecule has 6 rings (SSSR count). The quantitative estimate of drug-likeness (QED) is 0.123. The molecule has 0 fully saturated rings. The van der Waals surface area contributed by atoms with Gasteiger partial charge in [-0.25, -0.2) is 12.2 Å². The van der Waals surface area contributed by atoms with E-state index in [0.29, 0.717) is 0 Å². The van der Waals surface area contributed by atoms with E-state index in [-0.39, 0.29) is 96.3 Å². The van der Waals surface area contributed by atoms with Crippen LogP contribution in [0.5, 0.6) is 0 Å². The first-order chi connectivity index (χ1) is 25.5. The van der Waals surface area contributed by atoms with E-state index in [1.807, 2.05) is 12.2 Å². The van der Waals surface area contributed by atoms with Gasteiger partial charge in [0.25, 0.3) is 0 Å². The molecule has 0 bridgehead atoms. The Bertz CT molecular complexity index is 2050. The number of halogens is 14. The first-order valence-electron chi connectivity index (χ1n) is 17.0. The minimum Gasteiger partial charge on any atom is -1.00 e. The van der Waals surface area contributed by atoms with Crippen LogP contribution in [0, 0.1) is 6.08 Å². The van der Waals surface area contributed by atoms with Crippen LogP contribution in [0.4, 0.5) is 52.7 Å². The fourth-order valence-corrected chi connectivity index (χ4v) is 6.37. The molecule has 1 aliphatic carbocycles. The third-order valence-electron chi connectivity index (χ3n) is 8.77. The van der Waals surface area contributed by atoms with Gasteiger partial charge in [0, 0.05) is 0 Å². The summed E-state index contributed by atoms with van der Waals surface area (Å²) in [6.45, 7) is 13.6. The van der Waals surface area contributed by atoms with Crippen LogP contribution < -0.4 is 24.8 Å². The number of fused-ring (bicyclic) bond motifs is 3. The van der Waals surface area contributed by atoms with E-state index in [1.54, 1.807) is 0 Å². The van der Waals surface area contributed by atoms with Crippen LogP contribution in [-0.2, 0) is 59.8 Å². The molecule has 0 spiro atoms. The zero-order valence-electron chi connectivity index (χ0n) is 31.7. The maximum Gasteiger partial charge on any atom is -0.109 e. The molecule has 312 valence electrons. The summed E-state index contributed by atoms with van der Waals surface area (Å²) in [5, 5.41) is 5.48. The van der Waals surface area contributed by atoms with Crippen LogP contribution in [0.25, 0.3) is 21.5 Å². The fourth-order valence-electron chi connectivity index (χ4n) is 5.66. The molecule has 0 aromatic heterocycles. The van der Waals surface area contributed by atoms with Crippen LogP contribution in [0.3, 0.4) is 0 Å². The summed E-state index contributed by atoms with van der Waals surface area (Å²) in [7, 11) is 0. The fraction of sp³-hybridized carbons (Fsp3) is 0.302. The van der Waals surface area contributed by atoms with Gasteiger partial charge in [-0.1, -0.05) is 76.9 Å². The summed E-state index contributed by atoms with van der Waals surface area (Å²) < 4.78 is 155. The van der Waals surface area contributed by atoms with Crippen molar-refractivity contribution in [1.82, 2.24) is 0 Å². The Hall–Kier alpha value is -3.28. The molecule has 5 aromatic rings. The Morgan fingerprint density at radius 2 is 0.828 bits per heavy atom. The van der Waals surface area contributed by atoms with E-state index in [2.05, 4.69) is 96.2 Å². The van der Waals surface area contributed by atoms with Crippen LogP contribution in [0.15, 0.2) is 97.1 Å². The number of alkyl halides is 12. The van der Waals surface area contributed by atoms with Crippen molar-refractivity contribution in [3.63, 3.8) is 0 Å². The topological polar surface area (TPSA) is 0 Å². The van der Waals surface area contributed by atoms with Gasteiger partial charge in [0.15, 0.2) is 0 Å². The monoisotopic (exact) mass is 940 g/mol. The van der Waals surface area contributed by atoms with E-state index < -0.39 is 61.3 Å². The number of benzene rings is 4. The zero-order valence-corrected chi connectivity index (χ0v) is 35.7. The Balaban J connectivity index is 0.000000359. The van der Waals surface area contributed by atoms with Crippen molar-refractivity contribution in [1.29, 1.82) is 0 Å². The largest absolute Gasteiger partial charge is 1.00 e. The first kappa shape index (κ1) is 50.9. The predicted octanol–water partition coefficient (Wildman–Crippen LogP) is 8.50. The molecule has 5 aromatic carbocycles.